The minimum absolute atomic E-state index is 0.210. The molecule has 0 saturated heterocycles. The van der Waals surface area contributed by atoms with Gasteiger partial charge >= 0.3 is 0 Å². The maximum Gasteiger partial charge on any atom is 0.240 e. The maximum absolute atomic E-state index is 5.42. The summed E-state index contributed by atoms with van der Waals surface area (Å²) >= 11 is 0. The Balaban J connectivity index is 2.53. The van der Waals surface area contributed by atoms with Crippen molar-refractivity contribution in [2.75, 3.05) is 5.73 Å². The lowest BCUT2D eigenvalue weighted by Crippen LogP contribution is -2.01. The molecule has 0 unspecified atom stereocenters. The molecule has 0 amide bonds. The first-order chi connectivity index (χ1) is 6.77. The first kappa shape index (κ1) is 8.62. The van der Waals surface area contributed by atoms with E-state index in [0.29, 0.717) is 0 Å². The number of nitrogens with two attached hydrogens (primary N) is 1. The van der Waals surface area contributed by atoms with Gasteiger partial charge in [-0.15, -0.1) is 10.2 Å². The number of rotatable bonds is 1. The molecule has 2 N–H and O–H groups in total. The standard InChI is InChI=1S/C10H10N4/c1-7-9(13-14-10(11)12-7)8-5-3-2-4-6-8/h2-6H,1H3,(H2,11,12,14). The molecule has 70 valence electrons. The molecule has 0 aliphatic heterocycles. The van der Waals surface area contributed by atoms with Crippen molar-refractivity contribution < 1.29 is 0 Å². The normalized spacial score (nSPS) is 10.1. The fourth-order valence-corrected chi connectivity index (χ4v) is 1.28. The highest BCUT2D eigenvalue weighted by Crippen LogP contribution is 2.18. The highest BCUT2D eigenvalue weighted by molar-refractivity contribution is 5.60. The molecule has 1 heterocycles. The topological polar surface area (TPSA) is 64.7 Å². The Morgan fingerprint density at radius 3 is 2.43 bits per heavy atom. The van der Waals surface area contributed by atoms with E-state index >= 15 is 0 Å². The SMILES string of the molecule is Cc1nc(N)nnc1-c1ccccc1. The third-order valence-electron chi connectivity index (χ3n) is 1.92. The fraction of sp³-hybridized carbons (Fsp3) is 0.100. The predicted molar refractivity (Wildman–Crippen MR) is 54.4 cm³/mol. The fourth-order valence-electron chi connectivity index (χ4n) is 1.28. The highest BCUT2D eigenvalue weighted by atomic mass is 15.2. The number of aryl methyl sites for hydroxylation is 1. The zero-order chi connectivity index (χ0) is 9.97. The van der Waals surface area contributed by atoms with E-state index in [9.17, 15) is 0 Å². The summed E-state index contributed by atoms with van der Waals surface area (Å²) in [6.45, 7) is 1.87. The van der Waals surface area contributed by atoms with Crippen LogP contribution in [0.5, 0.6) is 0 Å². The van der Waals surface area contributed by atoms with Crippen molar-refractivity contribution in [2.24, 2.45) is 0 Å². The molecule has 0 saturated carbocycles. The van der Waals surface area contributed by atoms with Crippen molar-refractivity contribution in [2.45, 2.75) is 6.92 Å². The summed E-state index contributed by atoms with van der Waals surface area (Å²) in [5, 5.41) is 7.74. The largest absolute Gasteiger partial charge is 0.366 e. The molecule has 0 bridgehead atoms. The highest BCUT2D eigenvalue weighted by Gasteiger charge is 2.04. The molecule has 0 fully saturated rings. The summed E-state index contributed by atoms with van der Waals surface area (Å²) in [5.74, 6) is 0.210. The minimum Gasteiger partial charge on any atom is -0.366 e. The van der Waals surface area contributed by atoms with Crippen LogP contribution in [0.3, 0.4) is 0 Å². The molecule has 0 spiro atoms. The van der Waals surface area contributed by atoms with Crippen molar-refractivity contribution in [1.29, 1.82) is 0 Å². The Morgan fingerprint density at radius 2 is 1.79 bits per heavy atom. The van der Waals surface area contributed by atoms with E-state index in [4.69, 9.17) is 5.73 Å². The van der Waals surface area contributed by atoms with Crippen molar-refractivity contribution in [1.82, 2.24) is 15.2 Å². The van der Waals surface area contributed by atoms with Gasteiger partial charge in [0, 0.05) is 5.56 Å². The second kappa shape index (κ2) is 3.41. The van der Waals surface area contributed by atoms with Gasteiger partial charge in [-0.3, -0.25) is 0 Å². The smallest absolute Gasteiger partial charge is 0.240 e. The third-order valence-corrected chi connectivity index (χ3v) is 1.92. The van der Waals surface area contributed by atoms with E-state index in [1.54, 1.807) is 0 Å². The van der Waals surface area contributed by atoms with Gasteiger partial charge < -0.3 is 5.73 Å². The molecule has 0 aliphatic carbocycles. The van der Waals surface area contributed by atoms with Gasteiger partial charge in [0.1, 0.15) is 5.69 Å². The van der Waals surface area contributed by atoms with Gasteiger partial charge in [-0.05, 0) is 6.92 Å². The molecule has 0 atom stereocenters. The van der Waals surface area contributed by atoms with E-state index in [2.05, 4.69) is 15.2 Å². The number of benzene rings is 1. The molecule has 14 heavy (non-hydrogen) atoms. The lowest BCUT2D eigenvalue weighted by atomic mass is 10.1. The van der Waals surface area contributed by atoms with Crippen LogP contribution >= 0.6 is 0 Å². The van der Waals surface area contributed by atoms with E-state index < -0.39 is 0 Å². The van der Waals surface area contributed by atoms with Crippen LogP contribution < -0.4 is 5.73 Å². The first-order valence-electron chi connectivity index (χ1n) is 4.29. The van der Waals surface area contributed by atoms with Gasteiger partial charge in [0.05, 0.1) is 5.69 Å². The van der Waals surface area contributed by atoms with Gasteiger partial charge in [0.25, 0.3) is 0 Å². The van der Waals surface area contributed by atoms with Crippen molar-refractivity contribution >= 4 is 5.95 Å². The van der Waals surface area contributed by atoms with Crippen LogP contribution in [-0.4, -0.2) is 15.2 Å². The van der Waals surface area contributed by atoms with Crippen LogP contribution in [0, 0.1) is 6.92 Å². The molecule has 1 aromatic heterocycles. The summed E-state index contributed by atoms with van der Waals surface area (Å²) in [4.78, 5) is 4.05. The van der Waals surface area contributed by atoms with E-state index in [1.807, 2.05) is 37.3 Å². The van der Waals surface area contributed by atoms with E-state index in [0.717, 1.165) is 17.0 Å². The zero-order valence-electron chi connectivity index (χ0n) is 7.81. The minimum atomic E-state index is 0.210. The van der Waals surface area contributed by atoms with Gasteiger partial charge in [0.2, 0.25) is 5.95 Å². The second-order valence-corrected chi connectivity index (χ2v) is 2.97. The average molecular weight is 186 g/mol. The van der Waals surface area contributed by atoms with Crippen LogP contribution in [0.25, 0.3) is 11.3 Å². The van der Waals surface area contributed by atoms with E-state index in [1.165, 1.54) is 0 Å². The summed E-state index contributed by atoms with van der Waals surface area (Å²) in [6.07, 6.45) is 0. The van der Waals surface area contributed by atoms with Gasteiger partial charge in [-0.1, -0.05) is 30.3 Å². The van der Waals surface area contributed by atoms with Crippen LogP contribution in [0.2, 0.25) is 0 Å². The quantitative estimate of drug-likeness (QED) is 0.731. The zero-order valence-corrected chi connectivity index (χ0v) is 7.81. The lowest BCUT2D eigenvalue weighted by molar-refractivity contribution is 0.964. The van der Waals surface area contributed by atoms with Crippen molar-refractivity contribution in [3.05, 3.63) is 36.0 Å². The summed E-state index contributed by atoms with van der Waals surface area (Å²) < 4.78 is 0. The first-order valence-corrected chi connectivity index (χ1v) is 4.29. The predicted octanol–water partition coefficient (Wildman–Crippen LogP) is 1.43. The monoisotopic (exact) mass is 186 g/mol. The number of nitrogens with zero attached hydrogens (tertiary/aromatic N) is 3. The number of aromatic nitrogens is 3. The van der Waals surface area contributed by atoms with Crippen LogP contribution in [0.4, 0.5) is 5.95 Å². The van der Waals surface area contributed by atoms with Gasteiger partial charge in [0.15, 0.2) is 0 Å². The molecule has 4 nitrogen and oxygen atoms in total. The maximum atomic E-state index is 5.42. The molecule has 2 aromatic rings. The summed E-state index contributed by atoms with van der Waals surface area (Å²) in [6, 6.07) is 9.79. The molecule has 0 aliphatic rings. The lowest BCUT2D eigenvalue weighted by Gasteiger charge is -2.02. The molecule has 1 aromatic carbocycles. The Morgan fingerprint density at radius 1 is 1.07 bits per heavy atom. The Kier molecular flexibility index (Phi) is 2.10. The average Bonchev–Trinajstić information content (AvgIpc) is 2.19. The Hall–Kier alpha value is -1.97. The number of anilines is 1. The van der Waals surface area contributed by atoms with Crippen LogP contribution in [-0.2, 0) is 0 Å². The van der Waals surface area contributed by atoms with Crippen LogP contribution in [0.15, 0.2) is 30.3 Å². The van der Waals surface area contributed by atoms with Crippen molar-refractivity contribution in [3.8, 4) is 11.3 Å². The van der Waals surface area contributed by atoms with Crippen LogP contribution in [0.1, 0.15) is 5.69 Å². The van der Waals surface area contributed by atoms with Crippen molar-refractivity contribution in [3.63, 3.8) is 0 Å². The Bertz CT molecular complexity index is 439. The number of hydrogen-bond donors (Lipinski definition) is 1. The third kappa shape index (κ3) is 1.54. The van der Waals surface area contributed by atoms with Gasteiger partial charge in [-0.25, -0.2) is 4.98 Å². The molecule has 2 rings (SSSR count). The Labute approximate surface area is 81.8 Å². The second-order valence-electron chi connectivity index (χ2n) is 2.97. The number of nitrogen functional groups attached to an aromatic ring is 1. The molecule has 0 radical (unpaired) electrons. The summed E-state index contributed by atoms with van der Waals surface area (Å²) in [5.41, 5.74) is 8.00. The molecular formula is C10H10N4. The molecule has 4 heteroatoms. The molecular weight excluding hydrogens is 176 g/mol. The number of hydrogen-bond acceptors (Lipinski definition) is 4. The van der Waals surface area contributed by atoms with E-state index in [-0.39, 0.29) is 5.95 Å². The van der Waals surface area contributed by atoms with Gasteiger partial charge in [-0.2, -0.15) is 0 Å². The summed E-state index contributed by atoms with van der Waals surface area (Å²) in [7, 11) is 0.